The van der Waals surface area contributed by atoms with Crippen molar-refractivity contribution >= 4 is 35.5 Å². The lowest BCUT2D eigenvalue weighted by Crippen LogP contribution is -2.54. The highest BCUT2D eigenvalue weighted by Crippen LogP contribution is 2.33. The lowest BCUT2D eigenvalue weighted by atomic mass is 10.0. The Bertz CT molecular complexity index is 926. The Balaban J connectivity index is 1.73. The first kappa shape index (κ1) is 20.0. The molecule has 0 saturated carbocycles. The zero-order chi connectivity index (χ0) is 21.1. The smallest absolute Gasteiger partial charge is 0.305 e. The summed E-state index contributed by atoms with van der Waals surface area (Å²) >= 11 is 0. The van der Waals surface area contributed by atoms with Crippen LogP contribution in [0.15, 0.2) is 18.2 Å². The number of hydrogen-bond donors (Lipinski definition) is 3. The van der Waals surface area contributed by atoms with Crippen molar-refractivity contribution in [2.45, 2.75) is 25.3 Å². The van der Waals surface area contributed by atoms with Crippen molar-refractivity contribution in [3.63, 3.8) is 0 Å². The minimum absolute atomic E-state index is 0.00365. The minimum Gasteiger partial charge on any atom is -0.483 e. The monoisotopic (exact) mass is 403 g/mol. The molecule has 0 aromatic heterocycles. The average molecular weight is 403 g/mol. The van der Waals surface area contributed by atoms with Gasteiger partial charge in [0.1, 0.15) is 11.8 Å². The quantitative estimate of drug-likeness (QED) is 0.492. The number of ether oxygens (including phenoxy) is 1. The van der Waals surface area contributed by atoms with E-state index in [1.54, 1.807) is 0 Å². The van der Waals surface area contributed by atoms with E-state index >= 15 is 0 Å². The number of carbonyl (C=O) groups is 6. The van der Waals surface area contributed by atoms with Gasteiger partial charge in [0.25, 0.3) is 17.7 Å². The lowest BCUT2D eigenvalue weighted by Gasteiger charge is -2.27. The first-order chi connectivity index (χ1) is 13.8. The van der Waals surface area contributed by atoms with Crippen LogP contribution in [0.3, 0.4) is 0 Å². The van der Waals surface area contributed by atoms with Crippen molar-refractivity contribution in [3.8, 4) is 5.75 Å². The summed E-state index contributed by atoms with van der Waals surface area (Å²) in [5, 5.41) is 13.0. The van der Waals surface area contributed by atoms with E-state index in [4.69, 9.17) is 9.84 Å². The summed E-state index contributed by atoms with van der Waals surface area (Å²) in [6.07, 6.45) is -0.220. The van der Waals surface area contributed by atoms with Crippen LogP contribution >= 0.6 is 0 Å². The molecule has 3 rings (SSSR count). The van der Waals surface area contributed by atoms with Gasteiger partial charge in [0.05, 0.1) is 17.5 Å². The topological polar surface area (TPSA) is 159 Å². The number of fused-ring (bicyclic) bond motifs is 1. The molecule has 29 heavy (non-hydrogen) atoms. The fraction of sp³-hybridized carbons (Fsp3) is 0.333. The highest BCUT2D eigenvalue weighted by atomic mass is 16.5. The van der Waals surface area contributed by atoms with E-state index in [1.807, 2.05) is 0 Å². The van der Waals surface area contributed by atoms with Crippen molar-refractivity contribution in [1.29, 1.82) is 0 Å². The van der Waals surface area contributed by atoms with E-state index in [-0.39, 0.29) is 42.7 Å². The van der Waals surface area contributed by atoms with Gasteiger partial charge >= 0.3 is 5.97 Å². The first-order valence-electron chi connectivity index (χ1n) is 8.75. The van der Waals surface area contributed by atoms with Crippen LogP contribution in [0.5, 0.6) is 5.75 Å². The van der Waals surface area contributed by atoms with Crippen molar-refractivity contribution < 1.29 is 38.6 Å². The van der Waals surface area contributed by atoms with Gasteiger partial charge < -0.3 is 15.2 Å². The predicted octanol–water partition coefficient (Wildman–Crippen LogP) is -0.942. The van der Waals surface area contributed by atoms with Gasteiger partial charge in [-0.15, -0.1) is 0 Å². The number of carboxylic acid groups (broad SMARTS) is 1. The number of hydrogen-bond acceptors (Lipinski definition) is 7. The normalized spacial score (nSPS) is 18.3. The van der Waals surface area contributed by atoms with Crippen molar-refractivity contribution in [2.24, 2.45) is 0 Å². The van der Waals surface area contributed by atoms with Crippen molar-refractivity contribution in [3.05, 3.63) is 29.3 Å². The SMILES string of the molecule is O=C(O)CCNC(=O)COc1cccc2c1C(=O)N(C1CCC(=O)NC1=O)C2=O. The Labute approximate surface area is 164 Å². The molecule has 1 fully saturated rings. The molecular weight excluding hydrogens is 386 g/mol. The molecule has 3 N–H and O–H groups in total. The largest absolute Gasteiger partial charge is 0.483 e. The van der Waals surface area contributed by atoms with E-state index in [1.165, 1.54) is 18.2 Å². The van der Waals surface area contributed by atoms with Crippen LogP contribution < -0.4 is 15.4 Å². The van der Waals surface area contributed by atoms with Gasteiger partial charge in [0, 0.05) is 13.0 Å². The molecule has 2 aliphatic heterocycles. The molecular formula is C18H17N3O8. The maximum atomic E-state index is 12.8. The zero-order valence-electron chi connectivity index (χ0n) is 15.1. The number of benzene rings is 1. The predicted molar refractivity (Wildman–Crippen MR) is 93.9 cm³/mol. The summed E-state index contributed by atoms with van der Waals surface area (Å²) in [5.74, 6) is -4.30. The molecule has 2 aliphatic rings. The summed E-state index contributed by atoms with van der Waals surface area (Å²) in [4.78, 5) is 71.9. The summed E-state index contributed by atoms with van der Waals surface area (Å²) in [5.41, 5.74) is -0.0379. The van der Waals surface area contributed by atoms with Gasteiger partial charge in [-0.25, -0.2) is 0 Å². The summed E-state index contributed by atoms with van der Waals surface area (Å²) in [6.45, 7) is -0.568. The van der Waals surface area contributed by atoms with Gasteiger partial charge in [-0.1, -0.05) is 6.07 Å². The van der Waals surface area contributed by atoms with E-state index in [2.05, 4.69) is 10.6 Å². The van der Waals surface area contributed by atoms with Crippen LogP contribution in [0.4, 0.5) is 0 Å². The molecule has 5 amide bonds. The van der Waals surface area contributed by atoms with E-state index in [0.29, 0.717) is 0 Å². The molecule has 1 unspecified atom stereocenters. The maximum Gasteiger partial charge on any atom is 0.305 e. The van der Waals surface area contributed by atoms with Crippen LogP contribution in [-0.2, 0) is 19.2 Å². The highest BCUT2D eigenvalue weighted by molar-refractivity contribution is 6.24. The molecule has 1 saturated heterocycles. The second kappa shape index (κ2) is 8.09. The Morgan fingerprint density at radius 1 is 1.21 bits per heavy atom. The number of nitrogens with zero attached hydrogens (tertiary/aromatic N) is 1. The molecule has 0 radical (unpaired) electrons. The number of carbonyl (C=O) groups excluding carboxylic acids is 5. The van der Waals surface area contributed by atoms with Gasteiger partial charge in [-0.3, -0.25) is 39.0 Å². The molecule has 1 aromatic carbocycles. The Morgan fingerprint density at radius 2 is 1.97 bits per heavy atom. The fourth-order valence-corrected chi connectivity index (χ4v) is 3.11. The van der Waals surface area contributed by atoms with Gasteiger partial charge in [-0.2, -0.15) is 0 Å². The molecule has 1 atom stereocenters. The van der Waals surface area contributed by atoms with E-state index in [0.717, 1.165) is 4.90 Å². The Kier molecular flexibility index (Phi) is 5.57. The molecule has 1 aromatic rings. The minimum atomic E-state index is -1.10. The molecule has 152 valence electrons. The van der Waals surface area contributed by atoms with Gasteiger partial charge in [0.15, 0.2) is 6.61 Å². The number of nitrogens with one attached hydrogen (secondary N) is 2. The number of aliphatic carboxylic acids is 1. The Hall–Kier alpha value is -3.76. The summed E-state index contributed by atoms with van der Waals surface area (Å²) in [7, 11) is 0. The van der Waals surface area contributed by atoms with Crippen molar-refractivity contribution in [1.82, 2.24) is 15.5 Å². The molecule has 2 heterocycles. The standard InChI is InChI=1S/C18H17N3O8/c22-12-5-4-10(16(26)20-12)21-17(27)9-2-1-3-11(15(9)18(21)28)29-8-13(23)19-7-6-14(24)25/h1-3,10H,4-8H2,(H,19,23)(H,24,25)(H,20,22,26). The number of imide groups is 2. The molecule has 0 bridgehead atoms. The lowest BCUT2D eigenvalue weighted by molar-refractivity contribution is -0.138. The van der Waals surface area contributed by atoms with Crippen LogP contribution in [0, 0.1) is 0 Å². The Morgan fingerprint density at radius 3 is 2.66 bits per heavy atom. The van der Waals surface area contributed by atoms with Gasteiger partial charge in [-0.05, 0) is 18.6 Å². The highest BCUT2D eigenvalue weighted by Gasteiger charge is 2.46. The summed E-state index contributed by atoms with van der Waals surface area (Å²) in [6, 6.07) is 3.17. The third kappa shape index (κ3) is 4.08. The van der Waals surface area contributed by atoms with Crippen molar-refractivity contribution in [2.75, 3.05) is 13.2 Å². The van der Waals surface area contributed by atoms with Crippen LogP contribution in [0.2, 0.25) is 0 Å². The zero-order valence-corrected chi connectivity index (χ0v) is 15.1. The fourth-order valence-electron chi connectivity index (χ4n) is 3.11. The average Bonchev–Trinajstić information content (AvgIpc) is 2.91. The van der Waals surface area contributed by atoms with E-state index in [9.17, 15) is 28.8 Å². The molecule has 11 nitrogen and oxygen atoms in total. The van der Waals surface area contributed by atoms with Gasteiger partial charge in [0.2, 0.25) is 11.8 Å². The molecule has 11 heteroatoms. The second-order valence-electron chi connectivity index (χ2n) is 6.41. The molecule has 0 spiro atoms. The summed E-state index contributed by atoms with van der Waals surface area (Å²) < 4.78 is 5.35. The third-order valence-corrected chi connectivity index (χ3v) is 4.45. The molecule has 0 aliphatic carbocycles. The van der Waals surface area contributed by atoms with Crippen LogP contribution in [0.25, 0.3) is 0 Å². The number of rotatable bonds is 7. The second-order valence-corrected chi connectivity index (χ2v) is 6.41. The third-order valence-electron chi connectivity index (χ3n) is 4.45. The number of carboxylic acids is 1. The first-order valence-corrected chi connectivity index (χ1v) is 8.75. The number of amides is 5. The maximum absolute atomic E-state index is 12.8. The van der Waals surface area contributed by atoms with E-state index < -0.39 is 48.2 Å². The number of piperidine rings is 1. The van der Waals surface area contributed by atoms with Crippen LogP contribution in [0.1, 0.15) is 40.0 Å². The van der Waals surface area contributed by atoms with Crippen LogP contribution in [-0.4, -0.2) is 64.7 Å².